The second kappa shape index (κ2) is 4.71. The van der Waals surface area contributed by atoms with E-state index in [9.17, 15) is 0 Å². The highest BCUT2D eigenvalue weighted by Crippen LogP contribution is 2.34. The van der Waals surface area contributed by atoms with Crippen LogP contribution in [-0.4, -0.2) is 6.26 Å². The number of rotatable bonds is 3. The summed E-state index contributed by atoms with van der Waals surface area (Å²) in [5.41, 5.74) is 2.40. The lowest BCUT2D eigenvalue weighted by molar-refractivity contribution is 0.517. The van der Waals surface area contributed by atoms with Crippen LogP contribution >= 0.6 is 11.8 Å². The Morgan fingerprint density at radius 1 is 1.23 bits per heavy atom. The van der Waals surface area contributed by atoms with Crippen molar-refractivity contribution in [3.8, 4) is 0 Å². The predicted octanol–water partition coefficient (Wildman–Crippen LogP) is 4.41. The van der Waals surface area contributed by atoms with Crippen molar-refractivity contribution in [3.05, 3.63) is 35.3 Å². The molecule has 0 aliphatic carbocycles. The summed E-state index contributed by atoms with van der Waals surface area (Å²) in [6, 6.07) is 0. The Morgan fingerprint density at radius 2 is 1.69 bits per heavy atom. The topological polar surface area (TPSA) is 0 Å². The van der Waals surface area contributed by atoms with Crippen LogP contribution in [0, 0.1) is 5.41 Å². The first kappa shape index (κ1) is 12.6. The molecule has 74 valence electrons. The van der Waals surface area contributed by atoms with Crippen molar-refractivity contribution >= 4 is 11.8 Å². The van der Waals surface area contributed by atoms with E-state index < -0.39 is 0 Å². The van der Waals surface area contributed by atoms with Crippen molar-refractivity contribution < 1.29 is 0 Å². The molecular weight excluding hydrogens is 176 g/mol. The van der Waals surface area contributed by atoms with Crippen LogP contribution in [0.25, 0.3) is 0 Å². The second-order valence-corrected chi connectivity index (χ2v) is 5.14. The maximum atomic E-state index is 4.12. The van der Waals surface area contributed by atoms with Crippen molar-refractivity contribution in [1.82, 2.24) is 0 Å². The van der Waals surface area contributed by atoms with Crippen LogP contribution in [0.1, 0.15) is 27.7 Å². The van der Waals surface area contributed by atoms with E-state index in [2.05, 4.69) is 46.3 Å². The third-order valence-corrected chi connectivity index (χ3v) is 2.60. The summed E-state index contributed by atoms with van der Waals surface area (Å²) in [5, 5.41) is 0. The molecule has 0 aliphatic heterocycles. The van der Waals surface area contributed by atoms with E-state index in [0.717, 1.165) is 5.57 Å². The van der Waals surface area contributed by atoms with Gasteiger partial charge in [0.1, 0.15) is 0 Å². The van der Waals surface area contributed by atoms with Gasteiger partial charge in [-0.15, -0.1) is 11.8 Å². The van der Waals surface area contributed by atoms with Crippen molar-refractivity contribution in [1.29, 1.82) is 0 Å². The minimum absolute atomic E-state index is 0.143. The molecule has 0 unspecified atom stereocenters. The normalized spacial score (nSPS) is 12.8. The van der Waals surface area contributed by atoms with Gasteiger partial charge in [0.05, 0.1) is 0 Å². The molecule has 0 rings (SSSR count). The summed E-state index contributed by atoms with van der Waals surface area (Å²) < 4.78 is 0. The molecule has 0 nitrogen and oxygen atoms in total. The van der Waals surface area contributed by atoms with Gasteiger partial charge >= 0.3 is 0 Å². The van der Waals surface area contributed by atoms with E-state index in [1.807, 2.05) is 6.92 Å². The Bertz CT molecular complexity index is 238. The molecule has 0 radical (unpaired) electrons. The molecule has 0 heterocycles. The van der Waals surface area contributed by atoms with Crippen LogP contribution in [0.3, 0.4) is 0 Å². The van der Waals surface area contributed by atoms with Crippen LogP contribution in [0.15, 0.2) is 35.3 Å². The Labute approximate surface area is 86.8 Å². The average molecular weight is 196 g/mol. The summed E-state index contributed by atoms with van der Waals surface area (Å²) in [6.45, 7) is 16.5. The molecule has 0 aromatic rings. The van der Waals surface area contributed by atoms with E-state index in [-0.39, 0.29) is 5.41 Å². The molecular formula is C12H20S. The van der Waals surface area contributed by atoms with E-state index >= 15 is 0 Å². The van der Waals surface area contributed by atoms with Crippen LogP contribution in [0.2, 0.25) is 0 Å². The SMILES string of the molecule is C=C(C)/C=C(\SC)C(=C)C(C)(C)C. The molecule has 0 fully saturated rings. The van der Waals surface area contributed by atoms with Gasteiger partial charge < -0.3 is 0 Å². The Kier molecular flexibility index (Phi) is 4.55. The Hall–Kier alpha value is -0.430. The molecule has 0 aromatic carbocycles. The zero-order valence-corrected chi connectivity index (χ0v) is 10.2. The van der Waals surface area contributed by atoms with Crippen molar-refractivity contribution in [2.24, 2.45) is 5.41 Å². The minimum Gasteiger partial charge on any atom is -0.129 e. The number of thioether (sulfide) groups is 1. The molecule has 0 aromatic heterocycles. The highest BCUT2D eigenvalue weighted by atomic mass is 32.2. The quantitative estimate of drug-likeness (QED) is 0.602. The molecule has 0 spiro atoms. The summed E-state index contributed by atoms with van der Waals surface area (Å²) >= 11 is 1.73. The molecule has 0 bridgehead atoms. The van der Waals surface area contributed by atoms with Crippen LogP contribution in [-0.2, 0) is 0 Å². The summed E-state index contributed by atoms with van der Waals surface area (Å²) in [5.74, 6) is 0. The van der Waals surface area contributed by atoms with E-state index in [4.69, 9.17) is 0 Å². The first-order chi connectivity index (χ1) is 5.79. The minimum atomic E-state index is 0.143. The first-order valence-corrected chi connectivity index (χ1v) is 5.62. The van der Waals surface area contributed by atoms with Crippen LogP contribution in [0.5, 0.6) is 0 Å². The predicted molar refractivity (Wildman–Crippen MR) is 65.0 cm³/mol. The standard InChI is InChI=1S/C12H20S/c1-9(2)8-11(13-7)10(3)12(4,5)6/h8H,1,3H2,2,4-7H3/b11-8-. The lowest BCUT2D eigenvalue weighted by Gasteiger charge is -2.23. The molecule has 0 atom stereocenters. The van der Waals surface area contributed by atoms with Gasteiger partial charge in [-0.05, 0) is 30.2 Å². The van der Waals surface area contributed by atoms with Gasteiger partial charge in [0.15, 0.2) is 0 Å². The molecule has 0 saturated heterocycles. The molecule has 0 N–H and O–H groups in total. The van der Waals surface area contributed by atoms with Gasteiger partial charge in [-0.1, -0.05) is 39.5 Å². The molecule has 0 saturated carbocycles. The van der Waals surface area contributed by atoms with Gasteiger partial charge in [-0.2, -0.15) is 0 Å². The van der Waals surface area contributed by atoms with Crippen molar-refractivity contribution in [3.63, 3.8) is 0 Å². The zero-order valence-electron chi connectivity index (χ0n) is 9.40. The highest BCUT2D eigenvalue weighted by molar-refractivity contribution is 8.02. The highest BCUT2D eigenvalue weighted by Gasteiger charge is 2.17. The maximum absolute atomic E-state index is 4.12. The summed E-state index contributed by atoms with van der Waals surface area (Å²) in [7, 11) is 0. The number of allylic oxidation sites excluding steroid dienone is 3. The largest absolute Gasteiger partial charge is 0.129 e. The van der Waals surface area contributed by atoms with E-state index in [1.54, 1.807) is 11.8 Å². The van der Waals surface area contributed by atoms with E-state index in [0.29, 0.717) is 0 Å². The Balaban J connectivity index is 4.81. The zero-order chi connectivity index (χ0) is 10.6. The van der Waals surface area contributed by atoms with Crippen LogP contribution < -0.4 is 0 Å². The average Bonchev–Trinajstić information content (AvgIpc) is 1.96. The summed E-state index contributed by atoms with van der Waals surface area (Å²) in [4.78, 5) is 1.24. The molecule has 1 heteroatoms. The number of hydrogen-bond acceptors (Lipinski definition) is 1. The fourth-order valence-corrected chi connectivity index (χ4v) is 1.73. The first-order valence-electron chi connectivity index (χ1n) is 4.40. The lowest BCUT2D eigenvalue weighted by atomic mass is 9.87. The van der Waals surface area contributed by atoms with Gasteiger partial charge in [-0.3, -0.25) is 0 Å². The fraction of sp³-hybridized carbons (Fsp3) is 0.500. The van der Waals surface area contributed by atoms with Crippen molar-refractivity contribution in [2.45, 2.75) is 27.7 Å². The maximum Gasteiger partial charge on any atom is 0.0103 e. The number of hydrogen-bond donors (Lipinski definition) is 0. The van der Waals surface area contributed by atoms with Crippen molar-refractivity contribution in [2.75, 3.05) is 6.26 Å². The van der Waals surface area contributed by atoms with Gasteiger partial charge in [0.2, 0.25) is 0 Å². The summed E-state index contributed by atoms with van der Waals surface area (Å²) in [6.07, 6.45) is 4.17. The van der Waals surface area contributed by atoms with E-state index in [1.165, 1.54) is 10.5 Å². The van der Waals surface area contributed by atoms with Crippen LogP contribution in [0.4, 0.5) is 0 Å². The van der Waals surface area contributed by atoms with Gasteiger partial charge in [0, 0.05) is 4.91 Å². The third-order valence-electron chi connectivity index (χ3n) is 1.80. The monoisotopic (exact) mass is 196 g/mol. The molecule has 0 amide bonds. The van der Waals surface area contributed by atoms with Gasteiger partial charge in [-0.25, -0.2) is 0 Å². The fourth-order valence-electron chi connectivity index (χ4n) is 0.863. The molecule has 13 heavy (non-hydrogen) atoms. The Morgan fingerprint density at radius 3 is 1.92 bits per heavy atom. The third kappa shape index (κ3) is 4.37. The smallest absolute Gasteiger partial charge is 0.0103 e. The molecule has 0 aliphatic rings. The second-order valence-electron chi connectivity index (χ2n) is 4.29. The lowest BCUT2D eigenvalue weighted by Crippen LogP contribution is -2.09. The van der Waals surface area contributed by atoms with Gasteiger partial charge in [0.25, 0.3) is 0 Å².